The molecule has 0 bridgehead atoms. The van der Waals surface area contributed by atoms with E-state index in [0.717, 1.165) is 18.6 Å². The van der Waals surface area contributed by atoms with Gasteiger partial charge in [0.1, 0.15) is 28.0 Å². The first-order chi connectivity index (χ1) is 12.0. The average Bonchev–Trinajstić information content (AvgIpc) is 2.59. The fourth-order valence-electron chi connectivity index (χ4n) is 2.48. The first-order valence-corrected chi connectivity index (χ1v) is 9.54. The van der Waals surface area contributed by atoms with Crippen molar-refractivity contribution >= 4 is 40.1 Å². The third kappa shape index (κ3) is 4.50. The van der Waals surface area contributed by atoms with Crippen LogP contribution in [0.1, 0.15) is 51.0 Å². The van der Waals surface area contributed by atoms with E-state index in [1.807, 2.05) is 0 Å². The largest absolute Gasteiger partial charge is 0.383 e. The van der Waals surface area contributed by atoms with Crippen LogP contribution in [0, 0.1) is 23.0 Å². The summed E-state index contributed by atoms with van der Waals surface area (Å²) in [7, 11) is 0. The first-order valence-electron chi connectivity index (χ1n) is 8.17. The molecule has 0 amide bonds. The monoisotopic (exact) mass is 384 g/mol. The van der Waals surface area contributed by atoms with Crippen molar-refractivity contribution in [3.05, 3.63) is 22.2 Å². The lowest BCUT2D eigenvalue weighted by Gasteiger charge is -2.09. The molecule has 0 aliphatic heterocycles. The SMILES string of the molecule is CCCCCCCCSc1nc(N)c2c(F)c(C#N)c(F)c(Cl)c2n1. The zero-order valence-electron chi connectivity index (χ0n) is 13.9. The Labute approximate surface area is 154 Å². The van der Waals surface area contributed by atoms with Crippen molar-refractivity contribution in [3.63, 3.8) is 0 Å². The van der Waals surface area contributed by atoms with Gasteiger partial charge in [0.05, 0.1) is 5.39 Å². The second-order valence-electron chi connectivity index (χ2n) is 5.66. The highest BCUT2D eigenvalue weighted by Gasteiger charge is 2.23. The lowest BCUT2D eigenvalue weighted by Crippen LogP contribution is -2.03. The van der Waals surface area contributed by atoms with Crippen molar-refractivity contribution in [2.24, 2.45) is 0 Å². The molecule has 25 heavy (non-hydrogen) atoms. The normalized spacial score (nSPS) is 11.0. The molecule has 0 aliphatic carbocycles. The van der Waals surface area contributed by atoms with E-state index < -0.39 is 22.2 Å². The van der Waals surface area contributed by atoms with Gasteiger partial charge in [-0.25, -0.2) is 18.7 Å². The number of unbranched alkanes of at least 4 members (excludes halogenated alkanes) is 5. The summed E-state index contributed by atoms with van der Waals surface area (Å²) in [4.78, 5) is 8.19. The Morgan fingerprint density at radius 3 is 2.48 bits per heavy atom. The van der Waals surface area contributed by atoms with Gasteiger partial charge in [-0.1, -0.05) is 62.4 Å². The number of fused-ring (bicyclic) bond motifs is 1. The molecule has 0 saturated carbocycles. The summed E-state index contributed by atoms with van der Waals surface area (Å²) in [5.41, 5.74) is 4.91. The van der Waals surface area contributed by atoms with Crippen molar-refractivity contribution in [1.82, 2.24) is 9.97 Å². The number of nitrogens with two attached hydrogens (primary N) is 1. The molecule has 2 aromatic rings. The molecule has 0 spiro atoms. The molecule has 1 heterocycles. The maximum absolute atomic E-state index is 14.3. The summed E-state index contributed by atoms with van der Waals surface area (Å²) in [5, 5.41) is 8.57. The molecule has 2 N–H and O–H groups in total. The van der Waals surface area contributed by atoms with Crippen molar-refractivity contribution in [3.8, 4) is 6.07 Å². The average molecular weight is 385 g/mol. The van der Waals surface area contributed by atoms with E-state index in [4.69, 9.17) is 22.6 Å². The zero-order chi connectivity index (χ0) is 18.4. The number of anilines is 1. The number of rotatable bonds is 8. The van der Waals surface area contributed by atoms with E-state index in [-0.39, 0.29) is 16.7 Å². The molecule has 8 heteroatoms. The maximum Gasteiger partial charge on any atom is 0.190 e. The molecule has 0 unspecified atom stereocenters. The molecule has 0 atom stereocenters. The van der Waals surface area contributed by atoms with Gasteiger partial charge in [-0.05, 0) is 6.42 Å². The highest BCUT2D eigenvalue weighted by Crippen LogP contribution is 2.34. The van der Waals surface area contributed by atoms with E-state index in [1.165, 1.54) is 43.5 Å². The third-order valence-corrected chi connectivity index (χ3v) is 5.09. The Bertz CT molecular complexity index is 808. The van der Waals surface area contributed by atoms with Crippen molar-refractivity contribution in [2.75, 3.05) is 11.5 Å². The summed E-state index contributed by atoms with van der Waals surface area (Å²) in [6.07, 6.45) is 6.99. The lowest BCUT2D eigenvalue weighted by atomic mass is 10.1. The van der Waals surface area contributed by atoms with E-state index in [1.54, 1.807) is 0 Å². The maximum atomic E-state index is 14.3. The van der Waals surface area contributed by atoms with Gasteiger partial charge >= 0.3 is 0 Å². The molecule has 0 fully saturated rings. The van der Waals surface area contributed by atoms with Gasteiger partial charge in [-0.3, -0.25) is 0 Å². The number of hydrogen-bond acceptors (Lipinski definition) is 5. The van der Waals surface area contributed by atoms with Crippen LogP contribution < -0.4 is 5.73 Å². The number of benzene rings is 1. The summed E-state index contributed by atoms with van der Waals surface area (Å²) in [6.45, 7) is 2.17. The minimum Gasteiger partial charge on any atom is -0.383 e. The molecule has 1 aromatic carbocycles. The molecular formula is C17H19ClF2N4S. The predicted octanol–water partition coefficient (Wildman–Crippen LogP) is 5.47. The van der Waals surface area contributed by atoms with Crippen LogP contribution in [0.4, 0.5) is 14.6 Å². The summed E-state index contributed by atoms with van der Waals surface area (Å²) in [5.74, 6) is -1.56. The molecule has 0 radical (unpaired) electrons. The number of halogens is 3. The fourth-order valence-corrected chi connectivity index (χ4v) is 3.56. The van der Waals surface area contributed by atoms with E-state index in [9.17, 15) is 8.78 Å². The quantitative estimate of drug-likeness (QED) is 0.283. The number of nitriles is 1. The van der Waals surface area contributed by atoms with Crippen LogP contribution in [-0.4, -0.2) is 15.7 Å². The van der Waals surface area contributed by atoms with Crippen LogP contribution in [0.2, 0.25) is 5.02 Å². The molecular weight excluding hydrogens is 366 g/mol. The van der Waals surface area contributed by atoms with Crippen LogP contribution in [-0.2, 0) is 0 Å². The topological polar surface area (TPSA) is 75.6 Å². The standard InChI is InChI=1S/C17H19ClF2N4S/c1-2-3-4-5-6-7-8-25-17-23-15-11(16(22)24-17)13(19)10(9-21)14(20)12(15)18/h2-8H2,1H3,(H2,22,23,24). The second kappa shape index (κ2) is 9.16. The highest BCUT2D eigenvalue weighted by atomic mass is 35.5. The van der Waals surface area contributed by atoms with Crippen LogP contribution in [0.25, 0.3) is 10.9 Å². The minimum atomic E-state index is -1.13. The van der Waals surface area contributed by atoms with Crippen molar-refractivity contribution in [1.29, 1.82) is 5.26 Å². The molecule has 2 rings (SSSR count). The van der Waals surface area contributed by atoms with Gasteiger partial charge < -0.3 is 5.73 Å². The van der Waals surface area contributed by atoms with Crippen LogP contribution >= 0.6 is 23.4 Å². The van der Waals surface area contributed by atoms with Crippen molar-refractivity contribution in [2.45, 2.75) is 50.6 Å². The molecule has 0 saturated heterocycles. The summed E-state index contributed by atoms with van der Waals surface area (Å²) in [6, 6.07) is 1.45. The van der Waals surface area contributed by atoms with Gasteiger partial charge in [-0.15, -0.1) is 0 Å². The predicted molar refractivity (Wildman–Crippen MR) is 97.7 cm³/mol. The Kier molecular flexibility index (Phi) is 7.21. The lowest BCUT2D eigenvalue weighted by molar-refractivity contribution is 0.585. The number of nitrogen functional groups attached to an aromatic ring is 1. The van der Waals surface area contributed by atoms with Crippen molar-refractivity contribution < 1.29 is 8.78 Å². The van der Waals surface area contributed by atoms with Crippen LogP contribution in [0.3, 0.4) is 0 Å². The number of aromatic nitrogens is 2. The molecule has 4 nitrogen and oxygen atoms in total. The Morgan fingerprint density at radius 1 is 1.12 bits per heavy atom. The van der Waals surface area contributed by atoms with Gasteiger partial charge in [-0.2, -0.15) is 5.26 Å². The number of thioether (sulfide) groups is 1. The number of nitrogens with zero attached hydrogens (tertiary/aromatic N) is 3. The van der Waals surface area contributed by atoms with Crippen LogP contribution in [0.15, 0.2) is 5.16 Å². The Balaban J connectivity index is 2.16. The van der Waals surface area contributed by atoms with Gasteiger partial charge in [0.25, 0.3) is 0 Å². The van der Waals surface area contributed by atoms with E-state index in [0.29, 0.717) is 5.16 Å². The van der Waals surface area contributed by atoms with Gasteiger partial charge in [0, 0.05) is 5.75 Å². The van der Waals surface area contributed by atoms with Gasteiger partial charge in [0.2, 0.25) is 0 Å². The minimum absolute atomic E-state index is 0.103. The zero-order valence-corrected chi connectivity index (χ0v) is 15.5. The van der Waals surface area contributed by atoms with Gasteiger partial charge in [0.15, 0.2) is 16.8 Å². The van der Waals surface area contributed by atoms with Crippen LogP contribution in [0.5, 0.6) is 0 Å². The summed E-state index contributed by atoms with van der Waals surface area (Å²) < 4.78 is 28.3. The number of hydrogen-bond donors (Lipinski definition) is 1. The second-order valence-corrected chi connectivity index (χ2v) is 7.10. The molecule has 0 aliphatic rings. The van der Waals surface area contributed by atoms with E-state index in [2.05, 4.69) is 16.9 Å². The Morgan fingerprint density at radius 2 is 1.80 bits per heavy atom. The Hall–Kier alpha value is -1.65. The fraction of sp³-hybridized carbons (Fsp3) is 0.471. The summed E-state index contributed by atoms with van der Waals surface area (Å²) >= 11 is 7.28. The molecule has 134 valence electrons. The first kappa shape index (κ1) is 19.7. The third-order valence-electron chi connectivity index (χ3n) is 3.82. The molecule has 1 aromatic heterocycles. The highest BCUT2D eigenvalue weighted by molar-refractivity contribution is 7.99. The smallest absolute Gasteiger partial charge is 0.190 e. The van der Waals surface area contributed by atoms with E-state index >= 15 is 0 Å².